The van der Waals surface area contributed by atoms with E-state index in [1.165, 1.54) is 71.4 Å². The van der Waals surface area contributed by atoms with Gasteiger partial charge in [-0.1, -0.05) is 33.1 Å². The molecule has 0 radical (unpaired) electrons. The fraction of sp³-hybridized carbons (Fsp3) is 1.00. The van der Waals surface area contributed by atoms with Crippen molar-refractivity contribution < 1.29 is 0 Å². The highest BCUT2D eigenvalue weighted by atomic mass is 15.3. The molecule has 1 heterocycles. The highest BCUT2D eigenvalue weighted by molar-refractivity contribution is 4.83. The van der Waals surface area contributed by atoms with Crippen LogP contribution >= 0.6 is 0 Å². The van der Waals surface area contributed by atoms with Crippen LogP contribution in [0.5, 0.6) is 0 Å². The highest BCUT2D eigenvalue weighted by Gasteiger charge is 2.26. The second-order valence-electron chi connectivity index (χ2n) is 6.30. The van der Waals surface area contributed by atoms with Crippen molar-refractivity contribution >= 4 is 0 Å². The van der Waals surface area contributed by atoms with Gasteiger partial charge in [-0.2, -0.15) is 0 Å². The lowest BCUT2D eigenvalue weighted by Crippen LogP contribution is -2.52. The van der Waals surface area contributed by atoms with Crippen LogP contribution in [0, 0.1) is 5.92 Å². The Balaban J connectivity index is 1.79. The van der Waals surface area contributed by atoms with Crippen LogP contribution in [0.4, 0.5) is 0 Å². The van der Waals surface area contributed by atoms with Crippen molar-refractivity contribution in [3.8, 4) is 0 Å². The first kappa shape index (κ1) is 15.3. The summed E-state index contributed by atoms with van der Waals surface area (Å²) in [5.74, 6) is 0.929. The van der Waals surface area contributed by atoms with Crippen LogP contribution in [-0.4, -0.2) is 61.7 Å². The lowest BCUT2D eigenvalue weighted by Gasteiger charge is -2.39. The molecule has 0 aromatic heterocycles. The molecule has 112 valence electrons. The van der Waals surface area contributed by atoms with Gasteiger partial charge in [-0.3, -0.25) is 4.90 Å². The first-order valence-corrected chi connectivity index (χ1v) is 8.51. The van der Waals surface area contributed by atoms with Gasteiger partial charge in [0.25, 0.3) is 0 Å². The molecule has 1 aliphatic heterocycles. The van der Waals surface area contributed by atoms with Crippen molar-refractivity contribution in [2.45, 2.75) is 52.0 Å². The largest absolute Gasteiger partial charge is 0.313 e. The van der Waals surface area contributed by atoms with Crippen LogP contribution in [0.1, 0.15) is 46.0 Å². The van der Waals surface area contributed by atoms with E-state index in [9.17, 15) is 0 Å². The molecule has 2 rings (SSSR count). The maximum atomic E-state index is 3.77. The summed E-state index contributed by atoms with van der Waals surface area (Å²) in [6, 6.07) is 0.735. The van der Waals surface area contributed by atoms with Crippen LogP contribution in [0.2, 0.25) is 0 Å². The molecule has 3 heteroatoms. The molecule has 0 bridgehead atoms. The Morgan fingerprint density at radius 1 is 0.947 bits per heavy atom. The molecule has 1 saturated heterocycles. The zero-order valence-electron chi connectivity index (χ0n) is 13.0. The maximum absolute atomic E-state index is 3.77. The first-order valence-electron chi connectivity index (χ1n) is 8.51. The number of piperazine rings is 1. The average Bonchev–Trinajstić information content (AvgIpc) is 2.48. The van der Waals surface area contributed by atoms with Crippen molar-refractivity contribution in [2.24, 2.45) is 5.92 Å². The van der Waals surface area contributed by atoms with Gasteiger partial charge in [0.1, 0.15) is 0 Å². The zero-order valence-corrected chi connectivity index (χ0v) is 13.0. The van der Waals surface area contributed by atoms with Crippen LogP contribution in [-0.2, 0) is 0 Å². The average molecular weight is 267 g/mol. The van der Waals surface area contributed by atoms with Crippen LogP contribution in [0.3, 0.4) is 0 Å². The highest BCUT2D eigenvalue weighted by Crippen LogP contribution is 2.27. The minimum absolute atomic E-state index is 0.735. The smallest absolute Gasteiger partial charge is 0.0223 e. The van der Waals surface area contributed by atoms with Gasteiger partial charge in [-0.15, -0.1) is 0 Å². The summed E-state index contributed by atoms with van der Waals surface area (Å²) in [6.45, 7) is 13.2. The molecule has 3 nitrogen and oxygen atoms in total. The van der Waals surface area contributed by atoms with E-state index in [1.54, 1.807) is 0 Å². The van der Waals surface area contributed by atoms with Crippen LogP contribution < -0.4 is 5.32 Å². The molecule has 1 unspecified atom stereocenters. The van der Waals surface area contributed by atoms with Gasteiger partial charge in [0.2, 0.25) is 0 Å². The summed E-state index contributed by atoms with van der Waals surface area (Å²) in [7, 11) is 0. The predicted molar refractivity (Wildman–Crippen MR) is 82.6 cm³/mol. The third-order valence-corrected chi connectivity index (χ3v) is 5.05. The van der Waals surface area contributed by atoms with E-state index in [0.717, 1.165) is 18.5 Å². The maximum Gasteiger partial charge on any atom is 0.0223 e. The van der Waals surface area contributed by atoms with Crippen molar-refractivity contribution in [3.05, 3.63) is 0 Å². The summed E-state index contributed by atoms with van der Waals surface area (Å²) in [6.07, 6.45) is 7.27. The van der Waals surface area contributed by atoms with Gasteiger partial charge in [0.05, 0.1) is 0 Å². The van der Waals surface area contributed by atoms with E-state index in [4.69, 9.17) is 0 Å². The molecule has 2 aliphatic rings. The first-order chi connectivity index (χ1) is 9.33. The Morgan fingerprint density at radius 2 is 1.58 bits per heavy atom. The fourth-order valence-corrected chi connectivity index (χ4v) is 3.75. The standard InChI is InChI=1S/C16H33N3/c1-3-17-16(15-8-6-5-7-9-15)14-19-12-10-18(4-2)11-13-19/h15-17H,3-14H2,1-2H3. The normalized spacial score (nSPS) is 25.6. The van der Waals surface area contributed by atoms with Gasteiger partial charge in [-0.05, 0) is 31.8 Å². The van der Waals surface area contributed by atoms with Crippen molar-refractivity contribution in [3.63, 3.8) is 0 Å². The van der Waals surface area contributed by atoms with E-state index in [1.807, 2.05) is 0 Å². The Kier molecular flexibility index (Phi) is 6.62. The van der Waals surface area contributed by atoms with Crippen molar-refractivity contribution in [1.82, 2.24) is 15.1 Å². The van der Waals surface area contributed by atoms with E-state index < -0.39 is 0 Å². The summed E-state index contributed by atoms with van der Waals surface area (Å²) in [4.78, 5) is 5.26. The number of rotatable bonds is 6. The number of nitrogens with zero attached hydrogens (tertiary/aromatic N) is 2. The summed E-state index contributed by atoms with van der Waals surface area (Å²) in [5, 5.41) is 3.77. The number of likely N-dealkylation sites (N-methyl/N-ethyl adjacent to an activating group) is 2. The van der Waals surface area contributed by atoms with Gasteiger partial charge in [0.15, 0.2) is 0 Å². The molecule has 1 aliphatic carbocycles. The predicted octanol–water partition coefficient (Wildman–Crippen LogP) is 2.18. The fourth-order valence-electron chi connectivity index (χ4n) is 3.75. The van der Waals surface area contributed by atoms with Gasteiger partial charge < -0.3 is 10.2 Å². The second kappa shape index (κ2) is 8.23. The Hall–Kier alpha value is -0.120. The van der Waals surface area contributed by atoms with E-state index in [-0.39, 0.29) is 0 Å². The summed E-state index contributed by atoms with van der Waals surface area (Å²) < 4.78 is 0. The zero-order chi connectivity index (χ0) is 13.5. The van der Waals surface area contributed by atoms with Gasteiger partial charge >= 0.3 is 0 Å². The number of hydrogen-bond donors (Lipinski definition) is 1. The van der Waals surface area contributed by atoms with Crippen LogP contribution in [0.25, 0.3) is 0 Å². The topological polar surface area (TPSA) is 18.5 Å². The van der Waals surface area contributed by atoms with Gasteiger partial charge in [0, 0.05) is 38.8 Å². The minimum Gasteiger partial charge on any atom is -0.313 e. The summed E-state index contributed by atoms with van der Waals surface area (Å²) >= 11 is 0. The molecule has 0 aromatic rings. The molecular formula is C16H33N3. The molecule has 1 saturated carbocycles. The second-order valence-corrected chi connectivity index (χ2v) is 6.30. The SMILES string of the molecule is CCNC(CN1CCN(CC)CC1)C1CCCCC1. The van der Waals surface area contributed by atoms with Gasteiger partial charge in [-0.25, -0.2) is 0 Å². The Morgan fingerprint density at radius 3 is 2.16 bits per heavy atom. The number of hydrogen-bond acceptors (Lipinski definition) is 3. The molecule has 1 atom stereocenters. The third kappa shape index (κ3) is 4.73. The molecule has 2 fully saturated rings. The third-order valence-electron chi connectivity index (χ3n) is 5.05. The van der Waals surface area contributed by atoms with Crippen molar-refractivity contribution in [2.75, 3.05) is 45.8 Å². The number of nitrogens with one attached hydrogen (secondary N) is 1. The Bertz CT molecular complexity index is 230. The minimum atomic E-state index is 0.735. The molecule has 19 heavy (non-hydrogen) atoms. The van der Waals surface area contributed by atoms with Crippen LogP contribution in [0.15, 0.2) is 0 Å². The van der Waals surface area contributed by atoms with E-state index in [0.29, 0.717) is 0 Å². The summed E-state index contributed by atoms with van der Waals surface area (Å²) in [5.41, 5.74) is 0. The lowest BCUT2D eigenvalue weighted by atomic mass is 9.83. The monoisotopic (exact) mass is 267 g/mol. The lowest BCUT2D eigenvalue weighted by molar-refractivity contribution is 0.112. The quantitative estimate of drug-likeness (QED) is 0.796. The molecule has 0 aromatic carbocycles. The molecule has 1 N–H and O–H groups in total. The van der Waals surface area contributed by atoms with Crippen molar-refractivity contribution in [1.29, 1.82) is 0 Å². The Labute approximate surface area is 119 Å². The van der Waals surface area contributed by atoms with E-state index in [2.05, 4.69) is 29.0 Å². The molecular weight excluding hydrogens is 234 g/mol. The van der Waals surface area contributed by atoms with E-state index >= 15 is 0 Å². The molecule has 0 spiro atoms. The molecule has 0 amide bonds.